The number of ether oxygens (including phenoxy) is 1. The molecular formula is C15H19ClN2O3. The number of rotatable bonds is 5. The van der Waals surface area contributed by atoms with Crippen molar-refractivity contribution in [3.8, 4) is 0 Å². The number of esters is 1. The summed E-state index contributed by atoms with van der Waals surface area (Å²) in [6.07, 6.45) is 4.69. The van der Waals surface area contributed by atoms with E-state index in [-0.39, 0.29) is 18.0 Å². The SMILES string of the molecule is COC(=O)c1cc(NC(=O)CNC2CCCC2)ccc1Cl. The Labute approximate surface area is 129 Å². The predicted octanol–water partition coefficient (Wildman–Crippen LogP) is 2.60. The topological polar surface area (TPSA) is 67.4 Å². The summed E-state index contributed by atoms with van der Waals surface area (Å²) < 4.78 is 4.64. The molecule has 1 aromatic carbocycles. The Kier molecular flexibility index (Phi) is 5.59. The molecule has 5 nitrogen and oxygen atoms in total. The minimum atomic E-state index is -0.528. The molecule has 0 spiro atoms. The summed E-state index contributed by atoms with van der Waals surface area (Å²) in [7, 11) is 1.29. The number of carbonyl (C=O) groups excluding carboxylic acids is 2. The molecule has 1 aliphatic rings. The summed E-state index contributed by atoms with van der Waals surface area (Å²) in [6, 6.07) is 5.17. The number of amides is 1. The summed E-state index contributed by atoms with van der Waals surface area (Å²) in [5.41, 5.74) is 0.763. The summed E-state index contributed by atoms with van der Waals surface area (Å²) in [4.78, 5) is 23.4. The van der Waals surface area contributed by atoms with Gasteiger partial charge < -0.3 is 15.4 Å². The molecule has 0 bridgehead atoms. The fraction of sp³-hybridized carbons (Fsp3) is 0.467. The highest BCUT2D eigenvalue weighted by molar-refractivity contribution is 6.33. The van der Waals surface area contributed by atoms with Crippen molar-refractivity contribution in [1.82, 2.24) is 5.32 Å². The van der Waals surface area contributed by atoms with E-state index >= 15 is 0 Å². The van der Waals surface area contributed by atoms with Crippen LogP contribution < -0.4 is 10.6 Å². The molecule has 1 amide bonds. The smallest absolute Gasteiger partial charge is 0.339 e. The van der Waals surface area contributed by atoms with Gasteiger partial charge in [0.2, 0.25) is 5.91 Å². The Hall–Kier alpha value is -1.59. The average Bonchev–Trinajstić information content (AvgIpc) is 2.99. The van der Waals surface area contributed by atoms with Crippen LogP contribution in [-0.2, 0) is 9.53 Å². The first-order valence-corrected chi connectivity index (χ1v) is 7.39. The Morgan fingerprint density at radius 3 is 2.71 bits per heavy atom. The normalized spacial score (nSPS) is 15.0. The molecule has 1 fully saturated rings. The molecule has 0 heterocycles. The van der Waals surface area contributed by atoms with E-state index in [0.717, 1.165) is 12.8 Å². The second-order valence-electron chi connectivity index (χ2n) is 5.10. The van der Waals surface area contributed by atoms with Crippen LogP contribution in [0, 0.1) is 0 Å². The maximum Gasteiger partial charge on any atom is 0.339 e. The summed E-state index contributed by atoms with van der Waals surface area (Å²) in [5, 5.41) is 6.27. The van der Waals surface area contributed by atoms with Crippen LogP contribution >= 0.6 is 11.6 Å². The molecule has 0 aromatic heterocycles. The molecule has 114 valence electrons. The molecule has 0 unspecified atom stereocenters. The third-order valence-electron chi connectivity index (χ3n) is 3.56. The minimum Gasteiger partial charge on any atom is -0.465 e. The number of carbonyl (C=O) groups is 2. The van der Waals surface area contributed by atoms with Gasteiger partial charge in [-0.25, -0.2) is 4.79 Å². The lowest BCUT2D eigenvalue weighted by Crippen LogP contribution is -2.34. The number of anilines is 1. The molecule has 0 saturated heterocycles. The van der Waals surface area contributed by atoms with Gasteiger partial charge in [-0.1, -0.05) is 24.4 Å². The highest BCUT2D eigenvalue weighted by Gasteiger charge is 2.16. The van der Waals surface area contributed by atoms with Crippen molar-refractivity contribution in [1.29, 1.82) is 0 Å². The molecule has 1 aliphatic carbocycles. The van der Waals surface area contributed by atoms with Gasteiger partial charge in [0.1, 0.15) is 0 Å². The molecule has 2 rings (SSSR count). The second-order valence-corrected chi connectivity index (χ2v) is 5.50. The monoisotopic (exact) mass is 310 g/mol. The third-order valence-corrected chi connectivity index (χ3v) is 3.89. The molecule has 2 N–H and O–H groups in total. The van der Waals surface area contributed by atoms with E-state index in [0.29, 0.717) is 16.8 Å². The first-order chi connectivity index (χ1) is 10.1. The highest BCUT2D eigenvalue weighted by atomic mass is 35.5. The van der Waals surface area contributed by atoms with Crippen LogP contribution in [0.4, 0.5) is 5.69 Å². The van der Waals surface area contributed by atoms with Crippen molar-refractivity contribution in [3.63, 3.8) is 0 Å². The molecule has 1 aromatic rings. The van der Waals surface area contributed by atoms with Gasteiger partial charge in [-0.05, 0) is 31.0 Å². The lowest BCUT2D eigenvalue weighted by atomic mass is 10.2. The molecule has 0 radical (unpaired) electrons. The van der Waals surface area contributed by atoms with Crippen molar-refractivity contribution >= 4 is 29.2 Å². The Morgan fingerprint density at radius 2 is 2.05 bits per heavy atom. The third kappa shape index (κ3) is 4.44. The van der Waals surface area contributed by atoms with E-state index < -0.39 is 5.97 Å². The molecule has 0 atom stereocenters. The van der Waals surface area contributed by atoms with Crippen LogP contribution in [0.3, 0.4) is 0 Å². The van der Waals surface area contributed by atoms with Gasteiger partial charge in [0, 0.05) is 11.7 Å². The van der Waals surface area contributed by atoms with E-state index in [2.05, 4.69) is 15.4 Å². The van der Waals surface area contributed by atoms with Crippen LogP contribution in [0.25, 0.3) is 0 Å². The number of benzene rings is 1. The Morgan fingerprint density at radius 1 is 1.33 bits per heavy atom. The summed E-state index contributed by atoms with van der Waals surface area (Å²) in [6.45, 7) is 0.265. The number of halogens is 1. The fourth-order valence-electron chi connectivity index (χ4n) is 2.44. The van der Waals surface area contributed by atoms with Crippen molar-refractivity contribution in [2.75, 3.05) is 19.0 Å². The minimum absolute atomic E-state index is 0.139. The lowest BCUT2D eigenvalue weighted by molar-refractivity contribution is -0.115. The molecule has 1 saturated carbocycles. The van der Waals surface area contributed by atoms with Gasteiger partial charge in [-0.15, -0.1) is 0 Å². The molecule has 0 aliphatic heterocycles. The van der Waals surface area contributed by atoms with Gasteiger partial charge >= 0.3 is 5.97 Å². The van der Waals surface area contributed by atoms with Crippen molar-refractivity contribution in [2.45, 2.75) is 31.7 Å². The number of nitrogens with one attached hydrogen (secondary N) is 2. The average molecular weight is 311 g/mol. The van der Waals surface area contributed by atoms with Crippen LogP contribution in [0.1, 0.15) is 36.0 Å². The second kappa shape index (κ2) is 7.43. The first kappa shape index (κ1) is 15.8. The molecular weight excluding hydrogens is 292 g/mol. The lowest BCUT2D eigenvalue weighted by Gasteiger charge is -2.12. The van der Waals surface area contributed by atoms with Gasteiger partial charge in [0.15, 0.2) is 0 Å². The van der Waals surface area contributed by atoms with E-state index in [1.54, 1.807) is 12.1 Å². The Balaban J connectivity index is 1.92. The van der Waals surface area contributed by atoms with E-state index in [4.69, 9.17) is 11.6 Å². The van der Waals surface area contributed by atoms with E-state index in [1.165, 1.54) is 26.0 Å². The van der Waals surface area contributed by atoms with Gasteiger partial charge in [0.05, 0.1) is 24.2 Å². The number of hydrogen-bond donors (Lipinski definition) is 2. The van der Waals surface area contributed by atoms with E-state index in [9.17, 15) is 9.59 Å². The predicted molar refractivity (Wildman–Crippen MR) is 81.7 cm³/mol. The van der Waals surface area contributed by atoms with Crippen LogP contribution in [0.5, 0.6) is 0 Å². The van der Waals surface area contributed by atoms with Crippen molar-refractivity contribution < 1.29 is 14.3 Å². The Bertz CT molecular complexity index is 528. The van der Waals surface area contributed by atoms with Gasteiger partial charge in [-0.3, -0.25) is 4.79 Å². The fourth-order valence-corrected chi connectivity index (χ4v) is 2.64. The van der Waals surface area contributed by atoms with Crippen LogP contribution in [-0.4, -0.2) is 31.6 Å². The maximum absolute atomic E-state index is 11.9. The summed E-state index contributed by atoms with van der Waals surface area (Å²) in [5.74, 6) is -0.666. The highest BCUT2D eigenvalue weighted by Crippen LogP contribution is 2.21. The quantitative estimate of drug-likeness (QED) is 0.820. The van der Waals surface area contributed by atoms with Gasteiger partial charge in [-0.2, -0.15) is 0 Å². The van der Waals surface area contributed by atoms with E-state index in [1.807, 2.05) is 0 Å². The number of hydrogen-bond acceptors (Lipinski definition) is 4. The zero-order valence-corrected chi connectivity index (χ0v) is 12.7. The van der Waals surface area contributed by atoms with Gasteiger partial charge in [0.25, 0.3) is 0 Å². The maximum atomic E-state index is 11.9. The standard InChI is InChI=1S/C15H19ClN2O3/c1-21-15(20)12-8-11(6-7-13(12)16)18-14(19)9-17-10-4-2-3-5-10/h6-8,10,17H,2-5,9H2,1H3,(H,18,19). The number of methoxy groups -OCH3 is 1. The van der Waals surface area contributed by atoms with Crippen molar-refractivity contribution in [3.05, 3.63) is 28.8 Å². The zero-order valence-electron chi connectivity index (χ0n) is 11.9. The first-order valence-electron chi connectivity index (χ1n) is 7.01. The summed E-state index contributed by atoms with van der Waals surface area (Å²) >= 11 is 5.93. The molecule has 21 heavy (non-hydrogen) atoms. The largest absolute Gasteiger partial charge is 0.465 e. The van der Waals surface area contributed by atoms with Crippen molar-refractivity contribution in [2.24, 2.45) is 0 Å². The zero-order chi connectivity index (χ0) is 15.2. The van der Waals surface area contributed by atoms with Crippen LogP contribution in [0.15, 0.2) is 18.2 Å². The van der Waals surface area contributed by atoms with Crippen LogP contribution in [0.2, 0.25) is 5.02 Å². The molecule has 6 heteroatoms.